The van der Waals surface area contributed by atoms with E-state index in [2.05, 4.69) is 45.0 Å². The Morgan fingerprint density at radius 3 is 2.67 bits per heavy atom. The molecule has 0 aliphatic carbocycles. The quantitative estimate of drug-likeness (QED) is 0.553. The van der Waals surface area contributed by atoms with Gasteiger partial charge < -0.3 is 10.2 Å². The smallest absolute Gasteiger partial charge is 0.146 e. The molecule has 0 aliphatic heterocycles. The third-order valence-electron chi connectivity index (χ3n) is 4.24. The number of anilines is 1. The minimum Gasteiger partial charge on any atom is -0.365 e. The molecule has 6 nitrogen and oxygen atoms in total. The fraction of sp³-hybridized carbons (Fsp3) is 0.250. The topological polar surface area (TPSA) is 58.9 Å². The molecule has 7 heteroatoms. The SMILES string of the molecule is CN(C)Cc1nc(NCc2cnn(C)c2)c2c(-c3ccccc3)csc2n1. The third kappa shape index (κ3) is 3.84. The number of hydrogen-bond donors (Lipinski definition) is 1. The summed E-state index contributed by atoms with van der Waals surface area (Å²) in [7, 11) is 5.98. The Labute approximate surface area is 162 Å². The second-order valence-electron chi connectivity index (χ2n) is 6.80. The van der Waals surface area contributed by atoms with E-state index in [-0.39, 0.29) is 0 Å². The van der Waals surface area contributed by atoms with Crippen molar-refractivity contribution in [2.24, 2.45) is 7.05 Å². The number of aromatic nitrogens is 4. The van der Waals surface area contributed by atoms with Crippen LogP contribution in [0, 0.1) is 0 Å². The number of aryl methyl sites for hydroxylation is 1. The van der Waals surface area contributed by atoms with Crippen LogP contribution >= 0.6 is 11.3 Å². The van der Waals surface area contributed by atoms with Crippen LogP contribution in [0.25, 0.3) is 21.3 Å². The molecule has 3 aromatic heterocycles. The molecule has 0 saturated carbocycles. The van der Waals surface area contributed by atoms with Crippen molar-refractivity contribution in [3.05, 3.63) is 59.5 Å². The highest BCUT2D eigenvalue weighted by molar-refractivity contribution is 7.17. The van der Waals surface area contributed by atoms with Gasteiger partial charge in [0.25, 0.3) is 0 Å². The molecular weight excluding hydrogens is 356 g/mol. The third-order valence-corrected chi connectivity index (χ3v) is 5.11. The standard InChI is InChI=1S/C20H22N6S/c1-25(2)12-17-23-19(21-9-14-10-22-26(3)11-14)18-16(13-27-20(18)24-17)15-7-5-4-6-8-15/h4-8,10-11,13H,9,12H2,1-3H3,(H,21,23,24). The van der Waals surface area contributed by atoms with Crippen molar-refractivity contribution in [3.63, 3.8) is 0 Å². The maximum Gasteiger partial charge on any atom is 0.146 e. The van der Waals surface area contributed by atoms with E-state index in [0.717, 1.165) is 27.4 Å². The number of benzene rings is 1. The van der Waals surface area contributed by atoms with Crippen molar-refractivity contribution in [1.29, 1.82) is 0 Å². The summed E-state index contributed by atoms with van der Waals surface area (Å²) in [6.07, 6.45) is 3.88. The molecule has 0 unspecified atom stereocenters. The van der Waals surface area contributed by atoms with Crippen LogP contribution in [0.3, 0.4) is 0 Å². The lowest BCUT2D eigenvalue weighted by Gasteiger charge is -2.12. The van der Waals surface area contributed by atoms with Crippen molar-refractivity contribution >= 4 is 27.4 Å². The number of nitrogens with zero attached hydrogens (tertiary/aromatic N) is 5. The van der Waals surface area contributed by atoms with Crippen molar-refractivity contribution < 1.29 is 0 Å². The molecule has 0 atom stereocenters. The zero-order chi connectivity index (χ0) is 18.8. The van der Waals surface area contributed by atoms with Crippen LogP contribution in [-0.4, -0.2) is 38.7 Å². The zero-order valence-electron chi connectivity index (χ0n) is 15.7. The molecule has 27 heavy (non-hydrogen) atoms. The predicted molar refractivity (Wildman–Crippen MR) is 111 cm³/mol. The number of rotatable bonds is 6. The fourth-order valence-electron chi connectivity index (χ4n) is 3.05. The molecule has 0 radical (unpaired) electrons. The molecule has 1 aromatic carbocycles. The summed E-state index contributed by atoms with van der Waals surface area (Å²) in [6.45, 7) is 1.38. The van der Waals surface area contributed by atoms with Crippen molar-refractivity contribution in [1.82, 2.24) is 24.6 Å². The number of hydrogen-bond acceptors (Lipinski definition) is 6. The van der Waals surface area contributed by atoms with E-state index in [9.17, 15) is 0 Å². The van der Waals surface area contributed by atoms with Gasteiger partial charge in [-0.05, 0) is 19.7 Å². The summed E-state index contributed by atoms with van der Waals surface area (Å²) >= 11 is 1.66. The molecule has 0 spiro atoms. The van der Waals surface area contributed by atoms with Crippen LogP contribution in [0.5, 0.6) is 0 Å². The Morgan fingerprint density at radius 1 is 1.15 bits per heavy atom. The van der Waals surface area contributed by atoms with E-state index >= 15 is 0 Å². The summed E-state index contributed by atoms with van der Waals surface area (Å²) in [5.41, 5.74) is 3.47. The van der Waals surface area contributed by atoms with Gasteiger partial charge in [-0.3, -0.25) is 4.68 Å². The highest BCUT2D eigenvalue weighted by Crippen LogP contribution is 2.37. The molecule has 138 valence electrons. The summed E-state index contributed by atoms with van der Waals surface area (Å²) in [5, 5.41) is 11.0. The normalized spacial score (nSPS) is 11.4. The lowest BCUT2D eigenvalue weighted by Crippen LogP contribution is -2.14. The van der Waals surface area contributed by atoms with Gasteiger partial charge in [-0.1, -0.05) is 30.3 Å². The Morgan fingerprint density at radius 2 is 1.96 bits per heavy atom. The first kappa shape index (κ1) is 17.6. The molecule has 3 heterocycles. The van der Waals surface area contributed by atoms with Gasteiger partial charge in [0.1, 0.15) is 16.5 Å². The lowest BCUT2D eigenvalue weighted by molar-refractivity contribution is 0.391. The van der Waals surface area contributed by atoms with Gasteiger partial charge in [0, 0.05) is 36.3 Å². The van der Waals surface area contributed by atoms with Crippen LogP contribution in [-0.2, 0) is 20.1 Å². The number of thiophene rings is 1. The second kappa shape index (κ2) is 7.46. The molecule has 0 amide bonds. The molecular formula is C20H22N6S. The molecule has 0 bridgehead atoms. The average Bonchev–Trinajstić information content (AvgIpc) is 3.26. The lowest BCUT2D eigenvalue weighted by atomic mass is 10.1. The van der Waals surface area contributed by atoms with Gasteiger partial charge >= 0.3 is 0 Å². The average molecular weight is 379 g/mol. The first-order valence-electron chi connectivity index (χ1n) is 8.80. The highest BCUT2D eigenvalue weighted by atomic mass is 32.1. The van der Waals surface area contributed by atoms with Gasteiger partial charge in [-0.25, -0.2) is 9.97 Å². The Balaban J connectivity index is 1.77. The summed E-state index contributed by atoms with van der Waals surface area (Å²) in [4.78, 5) is 12.7. The van der Waals surface area contributed by atoms with Crippen LogP contribution in [0.2, 0.25) is 0 Å². The Bertz CT molecular complexity index is 1050. The monoisotopic (exact) mass is 378 g/mol. The maximum atomic E-state index is 4.84. The molecule has 4 rings (SSSR count). The summed E-state index contributed by atoms with van der Waals surface area (Å²) < 4.78 is 1.81. The summed E-state index contributed by atoms with van der Waals surface area (Å²) in [5.74, 6) is 1.70. The van der Waals surface area contributed by atoms with E-state index in [4.69, 9.17) is 9.97 Å². The van der Waals surface area contributed by atoms with Gasteiger partial charge in [0.15, 0.2) is 0 Å². The first-order valence-corrected chi connectivity index (χ1v) is 9.68. The first-order chi connectivity index (χ1) is 13.1. The molecule has 0 aliphatic rings. The molecule has 1 N–H and O–H groups in total. The van der Waals surface area contributed by atoms with Crippen LogP contribution in [0.1, 0.15) is 11.4 Å². The van der Waals surface area contributed by atoms with Gasteiger partial charge in [-0.15, -0.1) is 11.3 Å². The zero-order valence-corrected chi connectivity index (χ0v) is 16.5. The van der Waals surface area contributed by atoms with Crippen LogP contribution < -0.4 is 5.32 Å². The van der Waals surface area contributed by atoms with Gasteiger partial charge in [0.05, 0.1) is 18.1 Å². The van der Waals surface area contributed by atoms with E-state index in [1.165, 1.54) is 11.1 Å². The van der Waals surface area contributed by atoms with E-state index in [0.29, 0.717) is 13.1 Å². The molecule has 0 fully saturated rings. The number of nitrogens with one attached hydrogen (secondary N) is 1. The van der Waals surface area contributed by atoms with E-state index in [1.54, 1.807) is 11.3 Å². The molecule has 0 saturated heterocycles. The van der Waals surface area contributed by atoms with E-state index < -0.39 is 0 Å². The highest BCUT2D eigenvalue weighted by Gasteiger charge is 2.16. The molecule has 4 aromatic rings. The Kier molecular flexibility index (Phi) is 4.87. The predicted octanol–water partition coefficient (Wildman–Crippen LogP) is 3.77. The van der Waals surface area contributed by atoms with Crippen molar-refractivity contribution in [2.45, 2.75) is 13.1 Å². The Hall–Kier alpha value is -2.77. The summed E-state index contributed by atoms with van der Waals surface area (Å²) in [6, 6.07) is 10.4. The fourth-order valence-corrected chi connectivity index (χ4v) is 4.01. The van der Waals surface area contributed by atoms with Gasteiger partial charge in [0.2, 0.25) is 0 Å². The number of fused-ring (bicyclic) bond motifs is 1. The minimum absolute atomic E-state index is 0.672. The maximum absolute atomic E-state index is 4.84. The van der Waals surface area contributed by atoms with Crippen LogP contribution in [0.4, 0.5) is 5.82 Å². The van der Waals surface area contributed by atoms with Crippen molar-refractivity contribution in [2.75, 3.05) is 19.4 Å². The van der Waals surface area contributed by atoms with Gasteiger partial charge in [-0.2, -0.15) is 5.10 Å². The van der Waals surface area contributed by atoms with Crippen LogP contribution in [0.15, 0.2) is 48.1 Å². The minimum atomic E-state index is 0.672. The van der Waals surface area contributed by atoms with Crippen molar-refractivity contribution in [3.8, 4) is 11.1 Å². The second-order valence-corrected chi connectivity index (χ2v) is 7.66. The largest absolute Gasteiger partial charge is 0.365 e. The van der Waals surface area contributed by atoms with E-state index in [1.807, 2.05) is 44.3 Å².